The molecule has 0 saturated heterocycles. The number of hydrogen-bond acceptors (Lipinski definition) is 2. The molecule has 0 aromatic heterocycles. The van der Waals surface area contributed by atoms with E-state index in [2.05, 4.69) is 0 Å². The Morgan fingerprint density at radius 3 is 2.93 bits per heavy atom. The molecule has 4 heteroatoms. The highest BCUT2D eigenvalue weighted by molar-refractivity contribution is 6.31. The highest BCUT2D eigenvalue weighted by atomic mass is 35.5. The molecule has 1 rings (SSSR count). The molecule has 76 valence electrons. The van der Waals surface area contributed by atoms with Gasteiger partial charge in [0.1, 0.15) is 18.2 Å². The standard InChI is InChI=1S/C10H11ClFNO/c1-2-3-4-14-10-6-8(12)7(11)5-9(10)13/h2-3,5-6H,4,13H2,1H3/b3-2+. The molecule has 0 aliphatic heterocycles. The highest BCUT2D eigenvalue weighted by Gasteiger charge is 2.06. The Labute approximate surface area is 87.1 Å². The second-order valence-corrected chi connectivity index (χ2v) is 3.09. The third-order valence-electron chi connectivity index (χ3n) is 1.62. The molecule has 0 amide bonds. The molecular weight excluding hydrogens is 205 g/mol. The first-order chi connectivity index (χ1) is 6.65. The zero-order valence-corrected chi connectivity index (χ0v) is 8.51. The summed E-state index contributed by atoms with van der Waals surface area (Å²) in [5, 5.41) is 0.000818. The average Bonchev–Trinajstić information content (AvgIpc) is 2.14. The van der Waals surface area contributed by atoms with Crippen LogP contribution in [-0.4, -0.2) is 6.61 Å². The van der Waals surface area contributed by atoms with Crippen molar-refractivity contribution in [1.82, 2.24) is 0 Å². The lowest BCUT2D eigenvalue weighted by molar-refractivity contribution is 0.362. The topological polar surface area (TPSA) is 35.2 Å². The Bertz CT molecular complexity index is 352. The van der Waals surface area contributed by atoms with Crippen molar-refractivity contribution in [3.8, 4) is 5.75 Å². The summed E-state index contributed by atoms with van der Waals surface area (Å²) in [5.74, 6) is -0.221. The van der Waals surface area contributed by atoms with Gasteiger partial charge in [-0.05, 0) is 13.0 Å². The van der Waals surface area contributed by atoms with Crippen LogP contribution in [0.3, 0.4) is 0 Å². The largest absolute Gasteiger partial charge is 0.487 e. The number of benzene rings is 1. The van der Waals surface area contributed by atoms with E-state index in [0.29, 0.717) is 18.0 Å². The maximum atomic E-state index is 13.0. The van der Waals surface area contributed by atoms with Gasteiger partial charge in [-0.1, -0.05) is 23.8 Å². The van der Waals surface area contributed by atoms with Crippen molar-refractivity contribution in [3.63, 3.8) is 0 Å². The quantitative estimate of drug-likeness (QED) is 0.622. The number of anilines is 1. The Hall–Kier alpha value is -1.22. The van der Waals surface area contributed by atoms with Gasteiger partial charge in [-0.15, -0.1) is 0 Å². The zero-order valence-electron chi connectivity index (χ0n) is 7.76. The first-order valence-electron chi connectivity index (χ1n) is 4.13. The molecule has 0 unspecified atom stereocenters. The van der Waals surface area contributed by atoms with Gasteiger partial charge in [0.15, 0.2) is 0 Å². The van der Waals surface area contributed by atoms with E-state index in [-0.39, 0.29) is 5.02 Å². The van der Waals surface area contributed by atoms with Gasteiger partial charge in [-0.2, -0.15) is 0 Å². The molecule has 0 atom stereocenters. The third kappa shape index (κ3) is 2.64. The number of halogens is 2. The van der Waals surface area contributed by atoms with Crippen LogP contribution in [0.2, 0.25) is 5.02 Å². The Morgan fingerprint density at radius 2 is 2.29 bits per heavy atom. The van der Waals surface area contributed by atoms with Crippen LogP contribution in [0.1, 0.15) is 6.92 Å². The van der Waals surface area contributed by atoms with E-state index in [0.717, 1.165) is 0 Å². The van der Waals surface area contributed by atoms with Crippen molar-refractivity contribution in [2.45, 2.75) is 6.92 Å². The van der Waals surface area contributed by atoms with Gasteiger partial charge in [-0.25, -0.2) is 4.39 Å². The van der Waals surface area contributed by atoms with Crippen LogP contribution in [0.25, 0.3) is 0 Å². The minimum atomic E-state index is -0.531. The van der Waals surface area contributed by atoms with Crippen LogP contribution in [0.15, 0.2) is 24.3 Å². The Balaban J connectivity index is 2.81. The van der Waals surface area contributed by atoms with Crippen LogP contribution in [0, 0.1) is 5.82 Å². The lowest BCUT2D eigenvalue weighted by atomic mass is 10.3. The number of allylic oxidation sites excluding steroid dienone is 1. The molecule has 0 bridgehead atoms. The minimum Gasteiger partial charge on any atom is -0.487 e. The molecule has 0 radical (unpaired) electrons. The highest BCUT2D eigenvalue weighted by Crippen LogP contribution is 2.27. The van der Waals surface area contributed by atoms with Crippen LogP contribution < -0.4 is 10.5 Å². The fraction of sp³-hybridized carbons (Fsp3) is 0.200. The summed E-state index contributed by atoms with van der Waals surface area (Å²) in [4.78, 5) is 0. The van der Waals surface area contributed by atoms with Crippen LogP contribution in [-0.2, 0) is 0 Å². The molecule has 0 fully saturated rings. The second-order valence-electron chi connectivity index (χ2n) is 2.68. The van der Waals surface area contributed by atoms with Gasteiger partial charge in [0, 0.05) is 6.07 Å². The van der Waals surface area contributed by atoms with E-state index in [1.165, 1.54) is 12.1 Å². The molecule has 0 aliphatic carbocycles. The van der Waals surface area contributed by atoms with Crippen LogP contribution in [0.5, 0.6) is 5.75 Å². The molecule has 0 spiro atoms. The molecule has 2 N–H and O–H groups in total. The molecule has 2 nitrogen and oxygen atoms in total. The van der Waals surface area contributed by atoms with Gasteiger partial charge in [0.25, 0.3) is 0 Å². The lowest BCUT2D eigenvalue weighted by Crippen LogP contribution is -1.98. The zero-order chi connectivity index (χ0) is 10.6. The van der Waals surface area contributed by atoms with E-state index in [1.807, 2.05) is 13.0 Å². The summed E-state index contributed by atoms with van der Waals surface area (Å²) in [5.41, 5.74) is 5.91. The molecular formula is C10H11ClFNO. The Kier molecular flexibility index (Phi) is 3.77. The maximum absolute atomic E-state index is 13.0. The monoisotopic (exact) mass is 215 g/mol. The van der Waals surface area contributed by atoms with E-state index in [4.69, 9.17) is 22.1 Å². The molecule has 1 aromatic rings. The van der Waals surface area contributed by atoms with Crippen LogP contribution in [0.4, 0.5) is 10.1 Å². The number of ether oxygens (including phenoxy) is 1. The van der Waals surface area contributed by atoms with Gasteiger partial charge < -0.3 is 10.5 Å². The summed E-state index contributed by atoms with van der Waals surface area (Å²) >= 11 is 5.52. The molecule has 1 aromatic carbocycles. The number of nitrogen functional groups attached to an aromatic ring is 1. The van der Waals surface area contributed by atoms with E-state index >= 15 is 0 Å². The SMILES string of the molecule is C/C=C/COc1cc(F)c(Cl)cc1N. The predicted molar refractivity (Wildman–Crippen MR) is 56.1 cm³/mol. The van der Waals surface area contributed by atoms with E-state index in [1.54, 1.807) is 6.08 Å². The van der Waals surface area contributed by atoms with Crippen LogP contribution >= 0.6 is 11.6 Å². The first-order valence-corrected chi connectivity index (χ1v) is 4.51. The Morgan fingerprint density at radius 1 is 1.57 bits per heavy atom. The normalized spacial score (nSPS) is 10.8. The van der Waals surface area contributed by atoms with Gasteiger partial charge in [0.05, 0.1) is 10.7 Å². The second kappa shape index (κ2) is 4.86. The molecule has 14 heavy (non-hydrogen) atoms. The lowest BCUT2D eigenvalue weighted by Gasteiger charge is -2.07. The fourth-order valence-corrected chi connectivity index (χ4v) is 1.08. The molecule has 0 heterocycles. The summed E-state index contributed by atoms with van der Waals surface area (Å²) in [6.45, 7) is 2.23. The fourth-order valence-electron chi connectivity index (χ4n) is 0.903. The predicted octanol–water partition coefficient (Wildman–Crippen LogP) is 3.02. The van der Waals surface area contributed by atoms with E-state index in [9.17, 15) is 4.39 Å². The van der Waals surface area contributed by atoms with Gasteiger partial charge >= 0.3 is 0 Å². The molecule has 0 aliphatic rings. The summed E-state index contributed by atoms with van der Waals surface area (Å²) in [6, 6.07) is 2.52. The first kappa shape index (κ1) is 10.9. The smallest absolute Gasteiger partial charge is 0.145 e. The summed E-state index contributed by atoms with van der Waals surface area (Å²) < 4.78 is 18.2. The van der Waals surface area contributed by atoms with Crippen molar-refractivity contribution in [2.24, 2.45) is 0 Å². The number of rotatable bonds is 3. The van der Waals surface area contributed by atoms with E-state index < -0.39 is 5.82 Å². The van der Waals surface area contributed by atoms with Crippen molar-refractivity contribution in [2.75, 3.05) is 12.3 Å². The maximum Gasteiger partial charge on any atom is 0.145 e. The van der Waals surface area contributed by atoms with Crippen molar-refractivity contribution in [1.29, 1.82) is 0 Å². The van der Waals surface area contributed by atoms with Gasteiger partial charge in [-0.3, -0.25) is 0 Å². The van der Waals surface area contributed by atoms with Crippen molar-refractivity contribution in [3.05, 3.63) is 35.1 Å². The summed E-state index contributed by atoms with van der Waals surface area (Å²) in [7, 11) is 0. The van der Waals surface area contributed by atoms with Gasteiger partial charge in [0.2, 0.25) is 0 Å². The number of nitrogens with two attached hydrogens (primary N) is 1. The van der Waals surface area contributed by atoms with Crippen molar-refractivity contribution >= 4 is 17.3 Å². The van der Waals surface area contributed by atoms with Crippen molar-refractivity contribution < 1.29 is 9.13 Å². The summed E-state index contributed by atoms with van der Waals surface area (Å²) in [6.07, 6.45) is 3.63. The third-order valence-corrected chi connectivity index (χ3v) is 1.91. The minimum absolute atomic E-state index is 0.000818. The number of hydrogen-bond donors (Lipinski definition) is 1. The molecule has 0 saturated carbocycles. The average molecular weight is 216 g/mol.